The fourth-order valence-electron chi connectivity index (χ4n) is 1.63. The maximum Gasteiger partial charge on any atom is 0.338 e. The second kappa shape index (κ2) is 6.38. The molecule has 0 spiro atoms. The van der Waals surface area contributed by atoms with Gasteiger partial charge in [0.1, 0.15) is 18.0 Å². The molecule has 1 aromatic carbocycles. The number of benzene rings is 1. The van der Waals surface area contributed by atoms with Gasteiger partial charge in [0.25, 0.3) is 0 Å². The van der Waals surface area contributed by atoms with Gasteiger partial charge in [-0.3, -0.25) is 10.1 Å². The Hall–Kier alpha value is -2.38. The zero-order chi connectivity index (χ0) is 16.2. The monoisotopic (exact) mass is 300 g/mol. The number of nitrogens with zero attached hydrogens (tertiary/aromatic N) is 1. The number of nitro benzene ring substituents is 1. The summed E-state index contributed by atoms with van der Waals surface area (Å²) in [7, 11) is 2.66. The second-order valence-electron chi connectivity index (χ2n) is 4.86. The minimum Gasteiger partial charge on any atom is -0.478 e. The number of rotatable bonds is 6. The lowest BCUT2D eigenvalue weighted by atomic mass is 10.1. The zero-order valence-electron chi connectivity index (χ0n) is 12.2. The lowest BCUT2D eigenvalue weighted by Crippen LogP contribution is -2.31. The van der Waals surface area contributed by atoms with Crippen LogP contribution in [-0.2, 0) is 4.74 Å². The number of ether oxygens (including phenoxy) is 2. The molecule has 7 nitrogen and oxygen atoms in total. The fraction of sp³-hybridized carbons (Fsp3) is 0.462. The number of hydrogen-bond donors (Lipinski definition) is 1. The summed E-state index contributed by atoms with van der Waals surface area (Å²) in [5.74, 6) is -0.876. The molecule has 0 bridgehead atoms. The lowest BCUT2D eigenvalue weighted by molar-refractivity contribution is -0.385. The molecule has 1 aromatic rings. The van der Waals surface area contributed by atoms with E-state index >= 15 is 0 Å². The van der Waals surface area contributed by atoms with Gasteiger partial charge in [-0.05, 0) is 19.9 Å². The highest BCUT2D eigenvalue weighted by molar-refractivity contribution is 5.93. The maximum absolute atomic E-state index is 12.9. The van der Waals surface area contributed by atoms with Crippen LogP contribution in [0.2, 0.25) is 0 Å². The summed E-state index contributed by atoms with van der Waals surface area (Å²) in [6, 6.07) is 2.45. The number of nitrogens with one attached hydrogen (secondary N) is 1. The first-order chi connectivity index (χ1) is 9.75. The van der Waals surface area contributed by atoms with Gasteiger partial charge in [-0.2, -0.15) is 0 Å². The maximum atomic E-state index is 12.9. The van der Waals surface area contributed by atoms with Crippen molar-refractivity contribution < 1.29 is 23.6 Å². The summed E-state index contributed by atoms with van der Waals surface area (Å²) >= 11 is 0. The van der Waals surface area contributed by atoms with E-state index in [1.807, 2.05) is 0 Å². The van der Waals surface area contributed by atoms with Gasteiger partial charge in [0.05, 0.1) is 17.6 Å². The molecule has 1 rings (SSSR count). The molecule has 0 amide bonds. The average molecular weight is 300 g/mol. The molecule has 0 aliphatic heterocycles. The molecule has 0 atom stereocenters. The molecule has 0 aromatic heterocycles. The fourth-order valence-corrected chi connectivity index (χ4v) is 1.63. The first-order valence-corrected chi connectivity index (χ1v) is 6.09. The third kappa shape index (κ3) is 3.80. The van der Waals surface area contributed by atoms with E-state index in [2.05, 4.69) is 10.1 Å². The van der Waals surface area contributed by atoms with Gasteiger partial charge in [0.2, 0.25) is 5.75 Å². The van der Waals surface area contributed by atoms with E-state index < -0.39 is 23.2 Å². The molecule has 1 N–H and O–H groups in total. The number of carbonyl (C=O) groups is 1. The van der Waals surface area contributed by atoms with Crippen LogP contribution in [0.1, 0.15) is 24.2 Å². The summed E-state index contributed by atoms with van der Waals surface area (Å²) in [4.78, 5) is 22.1. The Morgan fingerprint density at radius 1 is 1.48 bits per heavy atom. The molecule has 0 radical (unpaired) electrons. The van der Waals surface area contributed by atoms with E-state index in [1.54, 1.807) is 0 Å². The third-order valence-electron chi connectivity index (χ3n) is 2.66. The van der Waals surface area contributed by atoms with Crippen LogP contribution >= 0.6 is 0 Å². The SMILES string of the molecule is CNc1cc(C(=O)OC)cc(OC(C)(C)CF)c1[N+](=O)[O-]. The van der Waals surface area contributed by atoms with Crippen molar-refractivity contribution in [2.45, 2.75) is 19.4 Å². The van der Waals surface area contributed by atoms with Crippen molar-refractivity contribution in [1.29, 1.82) is 0 Å². The Bertz CT molecular complexity index is 560. The van der Waals surface area contributed by atoms with Gasteiger partial charge in [-0.25, -0.2) is 9.18 Å². The van der Waals surface area contributed by atoms with Crippen molar-refractivity contribution in [3.05, 3.63) is 27.8 Å². The van der Waals surface area contributed by atoms with E-state index in [-0.39, 0.29) is 22.7 Å². The van der Waals surface area contributed by atoms with Crippen molar-refractivity contribution in [3.8, 4) is 5.75 Å². The molecule has 8 heteroatoms. The highest BCUT2D eigenvalue weighted by atomic mass is 19.1. The molecule has 0 unspecified atom stereocenters. The Balaban J connectivity index is 3.48. The highest BCUT2D eigenvalue weighted by Gasteiger charge is 2.29. The predicted octanol–water partition coefficient (Wildman–Crippen LogP) is 2.55. The smallest absolute Gasteiger partial charge is 0.338 e. The van der Waals surface area contributed by atoms with E-state index in [0.717, 1.165) is 0 Å². The molecule has 0 fully saturated rings. The normalized spacial score (nSPS) is 10.9. The van der Waals surface area contributed by atoms with Crippen LogP contribution in [0.5, 0.6) is 5.75 Å². The number of nitro groups is 1. The third-order valence-corrected chi connectivity index (χ3v) is 2.66. The van der Waals surface area contributed by atoms with Crippen LogP contribution in [0, 0.1) is 10.1 Å². The van der Waals surface area contributed by atoms with Gasteiger partial charge in [0.15, 0.2) is 0 Å². The molecule has 21 heavy (non-hydrogen) atoms. The van der Waals surface area contributed by atoms with Gasteiger partial charge in [0, 0.05) is 13.1 Å². The average Bonchev–Trinajstić information content (AvgIpc) is 2.44. The van der Waals surface area contributed by atoms with Gasteiger partial charge in [-0.1, -0.05) is 0 Å². The number of carbonyl (C=O) groups excluding carboxylic acids is 1. The number of halogens is 1. The van der Waals surface area contributed by atoms with E-state index in [0.29, 0.717) is 0 Å². The quantitative estimate of drug-likeness (QED) is 0.493. The second-order valence-corrected chi connectivity index (χ2v) is 4.86. The van der Waals surface area contributed by atoms with Crippen molar-refractivity contribution in [1.82, 2.24) is 0 Å². The summed E-state index contributed by atoms with van der Waals surface area (Å²) in [5.41, 5.74) is -1.49. The Morgan fingerprint density at radius 2 is 2.10 bits per heavy atom. The van der Waals surface area contributed by atoms with Gasteiger partial charge < -0.3 is 14.8 Å². The number of hydrogen-bond acceptors (Lipinski definition) is 6. The summed E-state index contributed by atoms with van der Waals surface area (Å²) < 4.78 is 22.8. The van der Waals surface area contributed by atoms with Crippen LogP contribution in [0.15, 0.2) is 12.1 Å². The van der Waals surface area contributed by atoms with Crippen LogP contribution in [0.25, 0.3) is 0 Å². The first kappa shape index (κ1) is 16.7. The highest BCUT2D eigenvalue weighted by Crippen LogP contribution is 2.38. The number of esters is 1. The molecule has 116 valence electrons. The molecule has 0 aliphatic rings. The molecule has 0 saturated heterocycles. The van der Waals surface area contributed by atoms with Gasteiger partial charge >= 0.3 is 11.7 Å². The standard InChI is InChI=1S/C13H17FN2O5/c1-13(2,7-14)21-10-6-8(12(17)20-4)5-9(15-3)11(10)16(18)19/h5-6,15H,7H2,1-4H3. The lowest BCUT2D eigenvalue weighted by Gasteiger charge is -2.23. The summed E-state index contributed by atoms with van der Waals surface area (Å²) in [5, 5.41) is 13.8. The minimum atomic E-state index is -1.26. The molecule has 0 heterocycles. The number of anilines is 1. The van der Waals surface area contributed by atoms with E-state index in [9.17, 15) is 19.3 Å². The van der Waals surface area contributed by atoms with Crippen LogP contribution in [0.4, 0.5) is 15.8 Å². The largest absolute Gasteiger partial charge is 0.478 e. The van der Waals surface area contributed by atoms with E-state index in [4.69, 9.17) is 4.74 Å². The topological polar surface area (TPSA) is 90.7 Å². The van der Waals surface area contributed by atoms with Crippen molar-refractivity contribution >= 4 is 17.3 Å². The molecular formula is C13H17FN2O5. The predicted molar refractivity (Wildman–Crippen MR) is 74.7 cm³/mol. The Kier molecular flexibility index (Phi) is 5.07. The molecular weight excluding hydrogens is 283 g/mol. The van der Waals surface area contributed by atoms with Crippen LogP contribution < -0.4 is 10.1 Å². The Morgan fingerprint density at radius 3 is 2.52 bits per heavy atom. The van der Waals surface area contributed by atoms with E-state index in [1.165, 1.54) is 40.1 Å². The first-order valence-electron chi connectivity index (χ1n) is 6.09. The number of alkyl halides is 1. The van der Waals surface area contributed by atoms with Crippen LogP contribution in [-0.4, -0.2) is 37.3 Å². The Labute approximate surface area is 121 Å². The summed E-state index contributed by atoms with van der Waals surface area (Å²) in [6.07, 6.45) is 0. The van der Waals surface area contributed by atoms with Crippen LogP contribution in [0.3, 0.4) is 0 Å². The van der Waals surface area contributed by atoms with Gasteiger partial charge in [-0.15, -0.1) is 0 Å². The van der Waals surface area contributed by atoms with Crippen molar-refractivity contribution in [2.24, 2.45) is 0 Å². The zero-order valence-corrected chi connectivity index (χ0v) is 12.2. The minimum absolute atomic E-state index is 0.0668. The molecule has 0 saturated carbocycles. The summed E-state index contributed by atoms with van der Waals surface area (Å²) in [6.45, 7) is 2.04. The van der Waals surface area contributed by atoms with Crippen molar-refractivity contribution in [3.63, 3.8) is 0 Å². The number of methoxy groups -OCH3 is 1. The van der Waals surface area contributed by atoms with Crippen molar-refractivity contribution in [2.75, 3.05) is 26.1 Å². The molecule has 0 aliphatic carbocycles.